The molecule has 1 amide bonds. The lowest BCUT2D eigenvalue weighted by Crippen LogP contribution is -2.14. The van der Waals surface area contributed by atoms with Crippen LogP contribution in [-0.4, -0.2) is 34.3 Å². The molecule has 0 aliphatic carbocycles. The number of hydrogen-bond acceptors (Lipinski definition) is 5. The number of ether oxygens (including phenoxy) is 1. The number of carboxylic acid groups (broad SMARTS) is 1. The van der Waals surface area contributed by atoms with Crippen LogP contribution in [0.3, 0.4) is 0 Å². The molecule has 0 heterocycles. The number of nitrogens with one attached hydrogen (secondary N) is 1. The second-order valence-electron chi connectivity index (χ2n) is 4.38. The topological polar surface area (TPSA) is 116 Å². The van der Waals surface area contributed by atoms with Crippen molar-refractivity contribution in [3.05, 3.63) is 47.5 Å². The number of hydrogen-bond donors (Lipinski definition) is 4. The zero-order valence-corrected chi connectivity index (χ0v) is 11.5. The third-order valence-corrected chi connectivity index (χ3v) is 2.92. The van der Waals surface area contributed by atoms with Crippen LogP contribution in [0.2, 0.25) is 0 Å². The summed E-state index contributed by atoms with van der Waals surface area (Å²) in [6, 6.07) is 7.53. The van der Waals surface area contributed by atoms with Crippen molar-refractivity contribution in [3.63, 3.8) is 0 Å². The molecule has 22 heavy (non-hydrogen) atoms. The van der Waals surface area contributed by atoms with Crippen molar-refractivity contribution in [1.82, 2.24) is 0 Å². The van der Waals surface area contributed by atoms with Crippen molar-refractivity contribution in [2.24, 2.45) is 0 Å². The van der Waals surface area contributed by atoms with Crippen LogP contribution in [-0.2, 0) is 0 Å². The summed E-state index contributed by atoms with van der Waals surface area (Å²) in [5.41, 5.74) is -0.102. The summed E-state index contributed by atoms with van der Waals surface area (Å²) in [6.45, 7) is 0. The molecule has 2 rings (SSSR count). The van der Waals surface area contributed by atoms with E-state index in [4.69, 9.17) is 9.84 Å². The van der Waals surface area contributed by atoms with E-state index in [2.05, 4.69) is 5.32 Å². The quantitative estimate of drug-likeness (QED) is 0.687. The van der Waals surface area contributed by atoms with Crippen LogP contribution in [0.5, 0.6) is 17.2 Å². The first kappa shape index (κ1) is 15.2. The van der Waals surface area contributed by atoms with Gasteiger partial charge < -0.3 is 25.4 Å². The van der Waals surface area contributed by atoms with Crippen LogP contribution in [0.4, 0.5) is 5.69 Å². The van der Waals surface area contributed by atoms with Gasteiger partial charge in [-0.25, -0.2) is 4.79 Å². The predicted molar refractivity (Wildman–Crippen MR) is 77.7 cm³/mol. The summed E-state index contributed by atoms with van der Waals surface area (Å²) in [5, 5.41) is 30.5. The van der Waals surface area contributed by atoms with Gasteiger partial charge in [-0.1, -0.05) is 0 Å². The Morgan fingerprint density at radius 1 is 1.09 bits per heavy atom. The molecule has 0 aliphatic heterocycles. The summed E-state index contributed by atoms with van der Waals surface area (Å²) in [5.74, 6) is -2.07. The number of amides is 1. The summed E-state index contributed by atoms with van der Waals surface area (Å²) < 4.78 is 4.87. The fourth-order valence-electron chi connectivity index (χ4n) is 1.85. The molecule has 7 heteroatoms. The van der Waals surface area contributed by atoms with Gasteiger partial charge in [0, 0.05) is 11.6 Å². The van der Waals surface area contributed by atoms with E-state index in [0.29, 0.717) is 0 Å². The van der Waals surface area contributed by atoms with Gasteiger partial charge >= 0.3 is 5.97 Å². The van der Waals surface area contributed by atoms with E-state index in [1.54, 1.807) is 0 Å². The lowest BCUT2D eigenvalue weighted by atomic mass is 10.1. The maximum atomic E-state index is 12.1. The van der Waals surface area contributed by atoms with E-state index >= 15 is 0 Å². The SMILES string of the molecule is COc1ccc(C(=O)Nc2cc(O)ccc2C(=O)O)cc1O. The van der Waals surface area contributed by atoms with E-state index in [9.17, 15) is 19.8 Å². The Bertz CT molecular complexity index is 741. The number of phenols is 2. The molecule has 0 saturated heterocycles. The number of carboxylic acids is 1. The highest BCUT2D eigenvalue weighted by Gasteiger charge is 2.15. The summed E-state index contributed by atoms with van der Waals surface area (Å²) in [4.78, 5) is 23.2. The number of aromatic hydroxyl groups is 2. The Morgan fingerprint density at radius 3 is 2.41 bits per heavy atom. The summed E-state index contributed by atoms with van der Waals surface area (Å²) in [7, 11) is 1.38. The molecule has 2 aromatic rings. The van der Waals surface area contributed by atoms with Crippen molar-refractivity contribution in [2.75, 3.05) is 12.4 Å². The number of benzene rings is 2. The van der Waals surface area contributed by atoms with Gasteiger partial charge in [0.1, 0.15) is 5.75 Å². The highest BCUT2D eigenvalue weighted by Crippen LogP contribution is 2.27. The Labute approximate surface area is 125 Å². The normalized spacial score (nSPS) is 10.0. The summed E-state index contributed by atoms with van der Waals surface area (Å²) in [6.07, 6.45) is 0. The largest absolute Gasteiger partial charge is 0.508 e. The van der Waals surface area contributed by atoms with Crippen molar-refractivity contribution < 1.29 is 29.6 Å². The van der Waals surface area contributed by atoms with E-state index in [0.717, 1.165) is 6.07 Å². The van der Waals surface area contributed by atoms with Crippen molar-refractivity contribution in [2.45, 2.75) is 0 Å². The third kappa shape index (κ3) is 3.09. The molecule has 114 valence electrons. The lowest BCUT2D eigenvalue weighted by molar-refractivity contribution is 0.0698. The molecule has 2 aromatic carbocycles. The number of aromatic carboxylic acids is 1. The average molecular weight is 303 g/mol. The highest BCUT2D eigenvalue weighted by molar-refractivity contribution is 6.08. The van der Waals surface area contributed by atoms with E-state index in [1.807, 2.05) is 0 Å². The van der Waals surface area contributed by atoms with Gasteiger partial charge in [0.05, 0.1) is 18.4 Å². The number of phenolic OH excluding ortho intramolecular Hbond substituents is 2. The molecule has 0 atom stereocenters. The molecule has 0 fully saturated rings. The molecule has 4 N–H and O–H groups in total. The number of rotatable bonds is 4. The van der Waals surface area contributed by atoms with Crippen LogP contribution in [0.1, 0.15) is 20.7 Å². The standard InChI is InChI=1S/C15H13NO6/c1-22-13-5-2-8(6-12(13)18)14(19)16-11-7-9(17)3-4-10(11)15(20)21/h2-7,17-18H,1H3,(H,16,19)(H,20,21). The second-order valence-corrected chi connectivity index (χ2v) is 4.38. The van der Waals surface area contributed by atoms with Crippen LogP contribution in [0.15, 0.2) is 36.4 Å². The van der Waals surface area contributed by atoms with Crippen LogP contribution in [0.25, 0.3) is 0 Å². The molecule has 0 aliphatic rings. The van der Waals surface area contributed by atoms with E-state index < -0.39 is 11.9 Å². The number of carbonyl (C=O) groups excluding carboxylic acids is 1. The second kappa shape index (κ2) is 6.04. The van der Waals surface area contributed by atoms with Gasteiger partial charge in [-0.3, -0.25) is 4.79 Å². The highest BCUT2D eigenvalue weighted by atomic mass is 16.5. The minimum absolute atomic E-state index is 0.0483. The molecule has 0 bridgehead atoms. The molecule has 0 radical (unpaired) electrons. The first-order valence-corrected chi connectivity index (χ1v) is 6.17. The maximum absolute atomic E-state index is 12.1. The molecule has 7 nitrogen and oxygen atoms in total. The van der Waals surface area contributed by atoms with Gasteiger partial charge in [0.2, 0.25) is 0 Å². The van der Waals surface area contributed by atoms with Crippen LogP contribution < -0.4 is 10.1 Å². The predicted octanol–water partition coefficient (Wildman–Crippen LogP) is 2.06. The molecule has 0 unspecified atom stereocenters. The molecule has 0 spiro atoms. The Morgan fingerprint density at radius 2 is 1.82 bits per heavy atom. The van der Waals surface area contributed by atoms with Gasteiger partial charge in [-0.2, -0.15) is 0 Å². The number of anilines is 1. The minimum atomic E-state index is -1.24. The van der Waals surface area contributed by atoms with Gasteiger partial charge in [0.15, 0.2) is 11.5 Å². The first-order chi connectivity index (χ1) is 10.4. The minimum Gasteiger partial charge on any atom is -0.508 e. The fraction of sp³-hybridized carbons (Fsp3) is 0.0667. The smallest absolute Gasteiger partial charge is 0.337 e. The molecule has 0 saturated carbocycles. The molecular formula is C15H13NO6. The summed E-state index contributed by atoms with van der Waals surface area (Å²) >= 11 is 0. The maximum Gasteiger partial charge on any atom is 0.337 e. The number of carbonyl (C=O) groups is 2. The zero-order valence-electron chi connectivity index (χ0n) is 11.5. The van der Waals surface area contributed by atoms with Gasteiger partial charge in [-0.15, -0.1) is 0 Å². The van der Waals surface area contributed by atoms with Gasteiger partial charge in [-0.05, 0) is 30.3 Å². The van der Waals surface area contributed by atoms with Gasteiger partial charge in [0.25, 0.3) is 5.91 Å². The monoisotopic (exact) mass is 303 g/mol. The Kier molecular flexibility index (Phi) is 4.17. The zero-order chi connectivity index (χ0) is 16.3. The lowest BCUT2D eigenvalue weighted by Gasteiger charge is -2.10. The van der Waals surface area contributed by atoms with E-state index in [-0.39, 0.29) is 34.1 Å². The van der Waals surface area contributed by atoms with Crippen LogP contribution in [0, 0.1) is 0 Å². The number of methoxy groups -OCH3 is 1. The average Bonchev–Trinajstić information content (AvgIpc) is 2.46. The third-order valence-electron chi connectivity index (χ3n) is 2.92. The van der Waals surface area contributed by atoms with E-state index in [1.165, 1.54) is 37.4 Å². The Balaban J connectivity index is 2.31. The first-order valence-electron chi connectivity index (χ1n) is 6.17. The Hall–Kier alpha value is -3.22. The molecular weight excluding hydrogens is 290 g/mol. The van der Waals surface area contributed by atoms with Crippen LogP contribution >= 0.6 is 0 Å². The van der Waals surface area contributed by atoms with Crippen molar-refractivity contribution >= 4 is 17.6 Å². The fourth-order valence-corrected chi connectivity index (χ4v) is 1.85. The molecule has 0 aromatic heterocycles. The van der Waals surface area contributed by atoms with Crippen molar-refractivity contribution in [1.29, 1.82) is 0 Å². The van der Waals surface area contributed by atoms with Crippen molar-refractivity contribution in [3.8, 4) is 17.2 Å².